The summed E-state index contributed by atoms with van der Waals surface area (Å²) in [6.45, 7) is 0. The number of hydrogen-bond acceptors (Lipinski definition) is 2. The van der Waals surface area contributed by atoms with Gasteiger partial charge in [0.05, 0.1) is 0 Å². The van der Waals surface area contributed by atoms with E-state index in [1.165, 1.54) is 22.7 Å². The molecule has 5 heteroatoms. The van der Waals surface area contributed by atoms with E-state index in [9.17, 15) is 9.18 Å². The molecule has 1 aliphatic rings. The predicted octanol–water partition coefficient (Wildman–Crippen LogP) is 1.33. The molecule has 0 N–H and O–H groups in total. The van der Waals surface area contributed by atoms with Crippen LogP contribution in [0.2, 0.25) is 5.82 Å². The third-order valence-electron chi connectivity index (χ3n) is 3.28. The van der Waals surface area contributed by atoms with Crippen molar-refractivity contribution in [2.24, 2.45) is 5.92 Å². The molecule has 1 amide bonds. The van der Waals surface area contributed by atoms with Crippen molar-refractivity contribution in [3.8, 4) is 0 Å². The Hall–Kier alpha value is -0.901. The van der Waals surface area contributed by atoms with Gasteiger partial charge in [0.25, 0.3) is 0 Å². The van der Waals surface area contributed by atoms with Crippen molar-refractivity contribution in [1.29, 1.82) is 0 Å². The molecule has 98 valence electrons. The fourth-order valence-corrected chi connectivity index (χ4v) is 3.49. The van der Waals surface area contributed by atoms with Gasteiger partial charge < -0.3 is 0 Å². The van der Waals surface area contributed by atoms with Crippen molar-refractivity contribution in [2.45, 2.75) is 18.2 Å². The Morgan fingerprint density at radius 2 is 2.28 bits per heavy atom. The Balaban J connectivity index is 2.16. The van der Waals surface area contributed by atoms with Gasteiger partial charge in [-0.15, -0.1) is 0 Å². The van der Waals surface area contributed by atoms with Gasteiger partial charge in [0.2, 0.25) is 0 Å². The Kier molecular flexibility index (Phi) is 4.05. The van der Waals surface area contributed by atoms with Gasteiger partial charge in [-0.1, -0.05) is 0 Å². The molecule has 0 aliphatic heterocycles. The molecule has 1 aromatic carbocycles. The zero-order valence-corrected chi connectivity index (χ0v) is 12.4. The topological polar surface area (TPSA) is 29.5 Å². The van der Waals surface area contributed by atoms with Gasteiger partial charge in [0.15, 0.2) is 0 Å². The van der Waals surface area contributed by atoms with Crippen LogP contribution in [0, 0.1) is 11.7 Å². The van der Waals surface area contributed by atoms with Gasteiger partial charge >= 0.3 is 112 Å². The molecule has 0 aromatic heterocycles. The summed E-state index contributed by atoms with van der Waals surface area (Å²) in [5, 5.41) is 1.25. The number of rotatable bonds is 4. The normalized spacial score (nSPS) is 21.8. The first-order valence-electron chi connectivity index (χ1n) is 5.73. The van der Waals surface area contributed by atoms with Gasteiger partial charge in [-0.25, -0.2) is 0 Å². The Morgan fingerprint density at radius 3 is 2.89 bits per heavy atom. The van der Waals surface area contributed by atoms with Gasteiger partial charge in [0, 0.05) is 0 Å². The molecule has 2 unspecified atom stereocenters. The SMILES string of the molecule is CON(C)C(=O)C1CC1c1cc(F)ccc1[Se]C. The van der Waals surface area contributed by atoms with Gasteiger partial charge in [-0.05, 0) is 0 Å². The quantitative estimate of drug-likeness (QED) is 0.619. The van der Waals surface area contributed by atoms with E-state index in [1.54, 1.807) is 13.1 Å². The van der Waals surface area contributed by atoms with Crippen LogP contribution in [0.15, 0.2) is 18.2 Å². The van der Waals surface area contributed by atoms with Crippen LogP contribution in [-0.4, -0.2) is 40.1 Å². The van der Waals surface area contributed by atoms with E-state index in [-0.39, 0.29) is 23.6 Å². The summed E-state index contributed by atoms with van der Waals surface area (Å²) in [6, 6.07) is 4.90. The molecule has 18 heavy (non-hydrogen) atoms. The third kappa shape index (κ3) is 2.58. The fourth-order valence-electron chi connectivity index (χ4n) is 2.13. The first-order valence-corrected chi connectivity index (χ1v) is 8.30. The third-order valence-corrected chi connectivity index (χ3v) is 4.99. The second kappa shape index (κ2) is 5.39. The van der Waals surface area contributed by atoms with Gasteiger partial charge in [-0.2, -0.15) is 0 Å². The number of halogens is 1. The summed E-state index contributed by atoms with van der Waals surface area (Å²) in [5.74, 6) is 1.95. The van der Waals surface area contributed by atoms with Crippen molar-refractivity contribution < 1.29 is 14.0 Å². The van der Waals surface area contributed by atoms with Crippen LogP contribution in [-0.2, 0) is 9.63 Å². The molecule has 1 aromatic rings. The molecule has 3 nitrogen and oxygen atoms in total. The Labute approximate surface area is 112 Å². The number of nitrogens with zero attached hydrogens (tertiary/aromatic N) is 1. The van der Waals surface area contributed by atoms with Crippen LogP contribution in [0.25, 0.3) is 0 Å². The molecule has 1 saturated carbocycles. The maximum atomic E-state index is 13.3. The summed E-state index contributed by atoms with van der Waals surface area (Å²) < 4.78 is 14.5. The monoisotopic (exact) mass is 317 g/mol. The van der Waals surface area contributed by atoms with Crippen LogP contribution in [0.5, 0.6) is 0 Å². The second-order valence-corrected chi connectivity index (χ2v) is 6.13. The minimum atomic E-state index is -0.226. The Bertz CT molecular complexity index is 466. The van der Waals surface area contributed by atoms with Crippen molar-refractivity contribution in [3.63, 3.8) is 0 Å². The van der Waals surface area contributed by atoms with E-state index in [0.29, 0.717) is 15.0 Å². The van der Waals surface area contributed by atoms with E-state index in [2.05, 4.69) is 5.82 Å². The Morgan fingerprint density at radius 1 is 1.56 bits per heavy atom. The van der Waals surface area contributed by atoms with Crippen molar-refractivity contribution in [3.05, 3.63) is 29.6 Å². The van der Waals surface area contributed by atoms with Crippen LogP contribution < -0.4 is 4.46 Å². The average Bonchev–Trinajstić information content (AvgIpc) is 3.17. The number of benzene rings is 1. The number of hydrogen-bond donors (Lipinski definition) is 0. The van der Waals surface area contributed by atoms with Gasteiger partial charge in [-0.3, -0.25) is 0 Å². The van der Waals surface area contributed by atoms with Crippen molar-refractivity contribution >= 4 is 25.3 Å². The maximum absolute atomic E-state index is 13.3. The summed E-state index contributed by atoms with van der Waals surface area (Å²) in [7, 11) is 3.08. The summed E-state index contributed by atoms with van der Waals surface area (Å²) in [6.07, 6.45) is 0.791. The molecular formula is C13H16FNO2Se. The van der Waals surface area contributed by atoms with E-state index < -0.39 is 0 Å². The van der Waals surface area contributed by atoms with E-state index in [1.807, 2.05) is 6.07 Å². The van der Waals surface area contributed by atoms with Crippen LogP contribution in [0.1, 0.15) is 17.9 Å². The number of amides is 1. The summed E-state index contributed by atoms with van der Waals surface area (Å²) in [4.78, 5) is 16.8. The fraction of sp³-hybridized carbons (Fsp3) is 0.462. The van der Waals surface area contributed by atoms with E-state index >= 15 is 0 Å². The zero-order valence-electron chi connectivity index (χ0n) is 10.6. The van der Waals surface area contributed by atoms with E-state index in [4.69, 9.17) is 4.84 Å². The van der Waals surface area contributed by atoms with Crippen LogP contribution in [0.4, 0.5) is 4.39 Å². The number of hydroxylamine groups is 2. The van der Waals surface area contributed by atoms with Crippen LogP contribution in [0.3, 0.4) is 0 Å². The molecule has 1 aliphatic carbocycles. The minimum absolute atomic E-state index is 0.0266. The zero-order chi connectivity index (χ0) is 13.3. The van der Waals surface area contributed by atoms with Crippen molar-refractivity contribution in [2.75, 3.05) is 14.2 Å². The molecular weight excluding hydrogens is 300 g/mol. The molecule has 1 fully saturated rings. The standard InChI is InChI=1S/C13H16FNO2Se/c1-15(17-2)13(16)11-7-9(11)10-6-8(14)4-5-12(10)18-3/h4-6,9,11H,7H2,1-3H3. The molecule has 0 radical (unpaired) electrons. The first kappa shape index (κ1) is 13.5. The van der Waals surface area contributed by atoms with E-state index in [0.717, 1.165) is 12.0 Å². The van der Waals surface area contributed by atoms with Crippen LogP contribution >= 0.6 is 0 Å². The second-order valence-electron chi connectivity index (χ2n) is 4.35. The van der Waals surface area contributed by atoms with Gasteiger partial charge in [0.1, 0.15) is 0 Å². The summed E-state index contributed by atoms with van der Waals surface area (Å²) in [5.41, 5.74) is 1.00. The molecule has 0 heterocycles. The first-order chi connectivity index (χ1) is 8.58. The molecule has 0 spiro atoms. The van der Waals surface area contributed by atoms with Crippen molar-refractivity contribution in [1.82, 2.24) is 5.06 Å². The summed E-state index contributed by atoms with van der Waals surface area (Å²) >= 11 is 0.312. The molecule has 2 rings (SSSR count). The predicted molar refractivity (Wildman–Crippen MR) is 68.3 cm³/mol. The molecule has 0 bridgehead atoms. The molecule has 0 saturated heterocycles. The number of carbonyl (C=O) groups excluding carboxylic acids is 1. The number of carbonyl (C=O) groups is 1. The molecule has 2 atom stereocenters. The average molecular weight is 316 g/mol.